The zero-order chi connectivity index (χ0) is 15.3. The number of nitro groups is 1. The predicted octanol–water partition coefficient (Wildman–Crippen LogP) is 0.0843. The van der Waals surface area contributed by atoms with Crippen LogP contribution in [0.15, 0.2) is 24.3 Å². The van der Waals surface area contributed by atoms with Crippen molar-refractivity contribution >= 4 is 34.8 Å². The molecule has 0 bridgehead atoms. The number of benzene rings is 1. The van der Waals surface area contributed by atoms with Crippen LogP contribution in [0.3, 0.4) is 0 Å². The monoisotopic (exact) mass is 340 g/mol. The van der Waals surface area contributed by atoms with E-state index in [9.17, 15) is 20.0 Å². The topological polar surface area (TPSA) is 144 Å². The number of hydrogen-bond donors (Lipinski definition) is 3. The van der Waals surface area contributed by atoms with Crippen LogP contribution in [0.2, 0.25) is 0 Å². The van der Waals surface area contributed by atoms with E-state index in [0.29, 0.717) is 5.56 Å². The summed E-state index contributed by atoms with van der Waals surface area (Å²) in [6.45, 7) is -0.551. The van der Waals surface area contributed by atoms with E-state index in [1.807, 2.05) is 0 Å². The van der Waals surface area contributed by atoms with Crippen molar-refractivity contribution in [2.24, 2.45) is 0 Å². The van der Waals surface area contributed by atoms with Gasteiger partial charge in [-0.1, -0.05) is 23.2 Å². The van der Waals surface area contributed by atoms with Gasteiger partial charge in [-0.15, -0.1) is 0 Å². The molecule has 5 N–H and O–H groups in total. The van der Waals surface area contributed by atoms with E-state index in [1.54, 1.807) is 0 Å². The quantitative estimate of drug-likeness (QED) is 0.381. The number of nitro benzene ring substituents is 1. The Hall–Kier alpha value is -1.45. The standard InChI is InChI=1S/C11H12Cl2N2O5.H2O/c12-10(13)11(18)14-8(5-16)9(17)6-1-3-7(4-2-6)15(19)20;/h1-4,8-10,16-17H,5H2,(H,14,18);1H2. The fraction of sp³-hybridized carbons (Fsp3) is 0.364. The van der Waals surface area contributed by atoms with Crippen molar-refractivity contribution in [2.45, 2.75) is 17.0 Å². The van der Waals surface area contributed by atoms with E-state index < -0.39 is 34.4 Å². The first-order chi connectivity index (χ1) is 9.36. The first kappa shape index (κ1) is 19.6. The Balaban J connectivity index is 0.00000400. The lowest BCUT2D eigenvalue weighted by atomic mass is 10.0. The van der Waals surface area contributed by atoms with E-state index in [2.05, 4.69) is 5.32 Å². The number of nitrogens with zero attached hydrogens (tertiary/aromatic N) is 1. The number of nitrogens with one attached hydrogen (secondary N) is 1. The molecule has 0 aromatic heterocycles. The molecule has 1 aromatic rings. The van der Waals surface area contributed by atoms with Gasteiger partial charge in [-0.3, -0.25) is 14.9 Å². The van der Waals surface area contributed by atoms with Crippen LogP contribution in [0.4, 0.5) is 5.69 Å². The van der Waals surface area contributed by atoms with Crippen LogP contribution < -0.4 is 5.32 Å². The Morgan fingerprint density at radius 1 is 1.33 bits per heavy atom. The number of carbonyl (C=O) groups excluding carboxylic acids is 1. The maximum absolute atomic E-state index is 11.3. The van der Waals surface area contributed by atoms with Gasteiger partial charge in [0.2, 0.25) is 0 Å². The molecule has 0 saturated heterocycles. The van der Waals surface area contributed by atoms with Crippen LogP contribution in [-0.4, -0.2) is 44.0 Å². The zero-order valence-electron chi connectivity index (χ0n) is 10.6. The summed E-state index contributed by atoms with van der Waals surface area (Å²) in [6.07, 6.45) is -1.25. The summed E-state index contributed by atoms with van der Waals surface area (Å²) in [7, 11) is 0. The van der Waals surface area contributed by atoms with E-state index in [1.165, 1.54) is 24.3 Å². The van der Waals surface area contributed by atoms with Crippen molar-refractivity contribution in [1.82, 2.24) is 5.32 Å². The molecule has 0 aliphatic carbocycles. The zero-order valence-corrected chi connectivity index (χ0v) is 12.1. The minimum Gasteiger partial charge on any atom is -0.412 e. The lowest BCUT2D eigenvalue weighted by Gasteiger charge is -2.22. The number of hydrogen-bond acceptors (Lipinski definition) is 5. The smallest absolute Gasteiger partial charge is 0.269 e. The molecule has 0 fully saturated rings. The summed E-state index contributed by atoms with van der Waals surface area (Å²) in [5, 5.41) is 31.9. The Morgan fingerprint density at radius 2 is 1.86 bits per heavy atom. The van der Waals surface area contributed by atoms with Gasteiger partial charge in [0.15, 0.2) is 4.84 Å². The fourth-order valence-corrected chi connectivity index (χ4v) is 1.62. The van der Waals surface area contributed by atoms with E-state index >= 15 is 0 Å². The number of carbonyl (C=O) groups is 1. The lowest BCUT2D eigenvalue weighted by molar-refractivity contribution is -0.384. The van der Waals surface area contributed by atoms with Crippen LogP contribution in [0.25, 0.3) is 0 Å². The van der Waals surface area contributed by atoms with Gasteiger partial charge in [-0.2, -0.15) is 0 Å². The predicted molar refractivity (Wildman–Crippen MR) is 76.2 cm³/mol. The van der Waals surface area contributed by atoms with Gasteiger partial charge < -0.3 is 21.0 Å². The summed E-state index contributed by atoms with van der Waals surface area (Å²) in [6, 6.07) is 4.05. The Labute approximate surface area is 129 Å². The van der Waals surface area contributed by atoms with Crippen molar-refractivity contribution in [1.29, 1.82) is 0 Å². The highest BCUT2D eigenvalue weighted by atomic mass is 35.5. The first-order valence-corrected chi connectivity index (χ1v) is 6.36. The molecule has 1 amide bonds. The summed E-state index contributed by atoms with van der Waals surface area (Å²) < 4.78 is 0. The highest BCUT2D eigenvalue weighted by molar-refractivity contribution is 6.53. The summed E-state index contributed by atoms with van der Waals surface area (Å²) >= 11 is 10.7. The maximum atomic E-state index is 11.3. The summed E-state index contributed by atoms with van der Waals surface area (Å²) in [5.41, 5.74) is 0.169. The molecule has 0 saturated carbocycles. The van der Waals surface area contributed by atoms with Gasteiger partial charge in [0.1, 0.15) is 6.10 Å². The molecular weight excluding hydrogens is 327 g/mol. The van der Waals surface area contributed by atoms with Crippen LogP contribution in [0.1, 0.15) is 11.7 Å². The third kappa shape index (κ3) is 5.44. The maximum Gasteiger partial charge on any atom is 0.269 e. The van der Waals surface area contributed by atoms with Crippen molar-refractivity contribution in [3.05, 3.63) is 39.9 Å². The number of aliphatic hydroxyl groups excluding tert-OH is 2. The summed E-state index contributed by atoms with van der Waals surface area (Å²) in [4.78, 5) is 19.9. The number of rotatable bonds is 6. The fourth-order valence-electron chi connectivity index (χ4n) is 1.50. The average molecular weight is 341 g/mol. The normalized spacial score (nSPS) is 13.2. The molecular formula is C11H14Cl2N2O6. The van der Waals surface area contributed by atoms with Crippen LogP contribution in [-0.2, 0) is 4.79 Å². The molecule has 2 unspecified atom stereocenters. The van der Waals surface area contributed by atoms with E-state index in [-0.39, 0.29) is 11.2 Å². The van der Waals surface area contributed by atoms with Crippen molar-refractivity contribution < 1.29 is 25.4 Å². The second kappa shape index (κ2) is 8.75. The molecule has 118 valence electrons. The van der Waals surface area contributed by atoms with E-state index in [0.717, 1.165) is 0 Å². The van der Waals surface area contributed by atoms with Crippen LogP contribution in [0.5, 0.6) is 0 Å². The minimum absolute atomic E-state index is 0. The second-order valence-electron chi connectivity index (χ2n) is 3.89. The van der Waals surface area contributed by atoms with Gasteiger partial charge in [0, 0.05) is 12.1 Å². The van der Waals surface area contributed by atoms with Crippen LogP contribution in [0, 0.1) is 10.1 Å². The van der Waals surface area contributed by atoms with Gasteiger partial charge in [-0.05, 0) is 17.7 Å². The lowest BCUT2D eigenvalue weighted by Crippen LogP contribution is -2.44. The van der Waals surface area contributed by atoms with Gasteiger partial charge >= 0.3 is 0 Å². The molecule has 0 heterocycles. The Bertz CT molecular complexity index is 482. The molecule has 2 atom stereocenters. The minimum atomic E-state index is -1.33. The summed E-state index contributed by atoms with van der Waals surface area (Å²) in [5.74, 6) is -0.756. The van der Waals surface area contributed by atoms with Gasteiger partial charge in [0.25, 0.3) is 11.6 Å². The molecule has 10 heteroatoms. The molecule has 0 aliphatic heterocycles. The highest BCUT2D eigenvalue weighted by Gasteiger charge is 2.24. The van der Waals surface area contributed by atoms with Gasteiger partial charge in [0.05, 0.1) is 17.6 Å². The molecule has 0 radical (unpaired) electrons. The van der Waals surface area contributed by atoms with Crippen molar-refractivity contribution in [3.8, 4) is 0 Å². The Morgan fingerprint density at radius 3 is 2.24 bits per heavy atom. The number of alkyl halides is 2. The molecule has 8 nitrogen and oxygen atoms in total. The van der Waals surface area contributed by atoms with Crippen molar-refractivity contribution in [2.75, 3.05) is 6.61 Å². The number of amides is 1. The number of halogens is 2. The molecule has 0 aliphatic rings. The van der Waals surface area contributed by atoms with E-state index in [4.69, 9.17) is 28.3 Å². The molecule has 21 heavy (non-hydrogen) atoms. The number of aliphatic hydroxyl groups is 2. The second-order valence-corrected chi connectivity index (χ2v) is 4.99. The largest absolute Gasteiger partial charge is 0.412 e. The number of non-ortho nitro benzene ring substituents is 1. The molecule has 1 rings (SSSR count). The Kier molecular flexibility index (Phi) is 8.15. The van der Waals surface area contributed by atoms with Crippen LogP contribution >= 0.6 is 23.2 Å². The van der Waals surface area contributed by atoms with Crippen molar-refractivity contribution in [3.63, 3.8) is 0 Å². The highest BCUT2D eigenvalue weighted by Crippen LogP contribution is 2.20. The first-order valence-electron chi connectivity index (χ1n) is 5.48. The van der Waals surface area contributed by atoms with Gasteiger partial charge in [-0.25, -0.2) is 0 Å². The third-order valence-corrected chi connectivity index (χ3v) is 2.95. The molecule has 0 spiro atoms. The molecule has 1 aromatic carbocycles. The SMILES string of the molecule is O.O=C(NC(CO)C(O)c1ccc([N+](=O)[O-])cc1)C(Cl)Cl. The average Bonchev–Trinajstić information content (AvgIpc) is 2.43. The third-order valence-electron chi connectivity index (χ3n) is 2.55.